The van der Waals surface area contributed by atoms with Gasteiger partial charge in [0.25, 0.3) is 0 Å². The fourth-order valence-electron chi connectivity index (χ4n) is 2.12. The molecule has 0 saturated heterocycles. The van der Waals surface area contributed by atoms with Crippen LogP contribution in [0.3, 0.4) is 0 Å². The highest BCUT2D eigenvalue weighted by Crippen LogP contribution is 2.06. The first-order chi connectivity index (χ1) is 9.58. The first-order valence-electron chi connectivity index (χ1n) is 7.15. The quantitative estimate of drug-likeness (QED) is 0.766. The van der Waals surface area contributed by atoms with E-state index >= 15 is 0 Å². The Balaban J connectivity index is 2.56. The third kappa shape index (κ3) is 5.03. The number of carbonyl (C=O) groups excluding carboxylic acids is 2. The van der Waals surface area contributed by atoms with Gasteiger partial charge in [-0.1, -0.05) is 30.3 Å². The van der Waals surface area contributed by atoms with Crippen LogP contribution < -0.4 is 0 Å². The zero-order valence-electron chi connectivity index (χ0n) is 12.6. The van der Waals surface area contributed by atoms with E-state index in [0.717, 1.165) is 5.56 Å². The summed E-state index contributed by atoms with van der Waals surface area (Å²) in [7, 11) is 0. The molecule has 0 heterocycles. The molecule has 1 aromatic carbocycles. The molecule has 4 heteroatoms. The maximum atomic E-state index is 12.0. The molecule has 4 nitrogen and oxygen atoms in total. The van der Waals surface area contributed by atoms with Crippen LogP contribution in [0.4, 0.5) is 0 Å². The van der Waals surface area contributed by atoms with Crippen LogP contribution in [0.2, 0.25) is 0 Å². The summed E-state index contributed by atoms with van der Waals surface area (Å²) in [6.45, 7) is 7.94. The molecule has 0 unspecified atom stereocenters. The van der Waals surface area contributed by atoms with E-state index in [1.807, 2.05) is 44.2 Å². The second-order valence-corrected chi connectivity index (χ2v) is 4.74. The average Bonchev–Trinajstić information content (AvgIpc) is 2.45. The SMILES string of the molecule is CCN(CC)C(=O)CCN(Cc1ccccc1)C(C)=O. The second kappa shape index (κ2) is 8.35. The largest absolute Gasteiger partial charge is 0.343 e. The van der Waals surface area contributed by atoms with E-state index in [1.54, 1.807) is 16.7 Å². The number of amides is 2. The van der Waals surface area contributed by atoms with Gasteiger partial charge in [-0.05, 0) is 19.4 Å². The molecule has 0 aliphatic carbocycles. The first kappa shape index (κ1) is 16.2. The summed E-state index contributed by atoms with van der Waals surface area (Å²) in [4.78, 5) is 27.2. The van der Waals surface area contributed by atoms with Crippen molar-refractivity contribution in [3.63, 3.8) is 0 Å². The Bertz CT molecular complexity index is 427. The molecule has 0 fully saturated rings. The molecule has 0 aliphatic heterocycles. The summed E-state index contributed by atoms with van der Waals surface area (Å²) < 4.78 is 0. The molecule has 2 amide bonds. The molecule has 0 atom stereocenters. The van der Waals surface area contributed by atoms with Gasteiger partial charge in [-0.25, -0.2) is 0 Å². The summed E-state index contributed by atoms with van der Waals surface area (Å²) >= 11 is 0. The topological polar surface area (TPSA) is 40.6 Å². The Morgan fingerprint density at radius 3 is 2.10 bits per heavy atom. The summed E-state index contributed by atoms with van der Waals surface area (Å²) in [5.41, 5.74) is 1.08. The molecule has 0 N–H and O–H groups in total. The van der Waals surface area contributed by atoms with Crippen LogP contribution in [0.25, 0.3) is 0 Å². The van der Waals surface area contributed by atoms with E-state index in [0.29, 0.717) is 32.6 Å². The number of hydrogen-bond acceptors (Lipinski definition) is 2. The lowest BCUT2D eigenvalue weighted by Gasteiger charge is -2.23. The van der Waals surface area contributed by atoms with Crippen molar-refractivity contribution in [1.29, 1.82) is 0 Å². The smallest absolute Gasteiger partial charge is 0.224 e. The number of rotatable bonds is 7. The van der Waals surface area contributed by atoms with E-state index in [9.17, 15) is 9.59 Å². The van der Waals surface area contributed by atoms with Crippen LogP contribution in [0.1, 0.15) is 32.8 Å². The molecular weight excluding hydrogens is 252 g/mol. The molecule has 0 spiro atoms. The van der Waals surface area contributed by atoms with Gasteiger partial charge in [-0.3, -0.25) is 9.59 Å². The average molecular weight is 276 g/mol. The lowest BCUT2D eigenvalue weighted by atomic mass is 10.2. The minimum absolute atomic E-state index is 0.00111. The van der Waals surface area contributed by atoms with E-state index in [2.05, 4.69) is 0 Å². The standard InChI is InChI=1S/C16H24N2O2/c1-4-17(5-2)16(20)11-12-18(14(3)19)13-15-9-7-6-8-10-15/h6-10H,4-5,11-13H2,1-3H3. The van der Waals surface area contributed by atoms with Crippen LogP contribution in [-0.2, 0) is 16.1 Å². The Morgan fingerprint density at radius 1 is 1.00 bits per heavy atom. The maximum absolute atomic E-state index is 12.0. The molecule has 20 heavy (non-hydrogen) atoms. The van der Waals surface area contributed by atoms with Gasteiger partial charge >= 0.3 is 0 Å². The maximum Gasteiger partial charge on any atom is 0.224 e. The van der Waals surface area contributed by atoms with E-state index in [1.165, 1.54) is 0 Å². The summed E-state index contributed by atoms with van der Waals surface area (Å²) in [5.74, 6) is 0.107. The monoisotopic (exact) mass is 276 g/mol. The van der Waals surface area contributed by atoms with Crippen LogP contribution in [-0.4, -0.2) is 41.2 Å². The van der Waals surface area contributed by atoms with Crippen molar-refractivity contribution >= 4 is 11.8 Å². The fourth-order valence-corrected chi connectivity index (χ4v) is 2.12. The van der Waals surface area contributed by atoms with Crippen molar-refractivity contribution in [2.45, 2.75) is 33.7 Å². The van der Waals surface area contributed by atoms with Gasteiger partial charge in [0, 0.05) is 39.5 Å². The van der Waals surface area contributed by atoms with Crippen molar-refractivity contribution in [2.24, 2.45) is 0 Å². The highest BCUT2D eigenvalue weighted by molar-refractivity contribution is 5.78. The van der Waals surface area contributed by atoms with Crippen LogP contribution in [0.15, 0.2) is 30.3 Å². The van der Waals surface area contributed by atoms with Crippen LogP contribution in [0, 0.1) is 0 Å². The number of nitrogens with zero attached hydrogens (tertiary/aromatic N) is 2. The zero-order chi connectivity index (χ0) is 15.0. The van der Waals surface area contributed by atoms with E-state index in [4.69, 9.17) is 0 Å². The van der Waals surface area contributed by atoms with Crippen LogP contribution >= 0.6 is 0 Å². The molecule has 0 aromatic heterocycles. The van der Waals surface area contributed by atoms with Crippen molar-refractivity contribution in [1.82, 2.24) is 9.80 Å². The van der Waals surface area contributed by atoms with Gasteiger partial charge in [0.15, 0.2) is 0 Å². The van der Waals surface area contributed by atoms with Crippen molar-refractivity contribution in [2.75, 3.05) is 19.6 Å². The first-order valence-corrected chi connectivity index (χ1v) is 7.15. The third-order valence-electron chi connectivity index (χ3n) is 3.37. The predicted molar refractivity (Wildman–Crippen MR) is 80.1 cm³/mol. The molecule has 0 bridgehead atoms. The van der Waals surface area contributed by atoms with Gasteiger partial charge in [0.05, 0.1) is 0 Å². The second-order valence-electron chi connectivity index (χ2n) is 4.74. The number of carbonyl (C=O) groups is 2. The molecule has 1 aromatic rings. The van der Waals surface area contributed by atoms with Gasteiger partial charge in [0.2, 0.25) is 11.8 Å². The van der Waals surface area contributed by atoms with Gasteiger partial charge < -0.3 is 9.80 Å². The predicted octanol–water partition coefficient (Wildman–Crippen LogP) is 2.29. The van der Waals surface area contributed by atoms with Gasteiger partial charge in [0.1, 0.15) is 0 Å². The minimum atomic E-state index is 0.00111. The van der Waals surface area contributed by atoms with E-state index < -0.39 is 0 Å². The molecule has 110 valence electrons. The summed E-state index contributed by atoms with van der Waals surface area (Å²) in [5, 5.41) is 0. The van der Waals surface area contributed by atoms with Gasteiger partial charge in [-0.2, -0.15) is 0 Å². The Labute approximate surface area is 121 Å². The highest BCUT2D eigenvalue weighted by atomic mass is 16.2. The molecule has 0 aliphatic rings. The lowest BCUT2D eigenvalue weighted by molar-refractivity contribution is -0.133. The number of hydrogen-bond donors (Lipinski definition) is 0. The normalized spacial score (nSPS) is 10.2. The highest BCUT2D eigenvalue weighted by Gasteiger charge is 2.14. The van der Waals surface area contributed by atoms with E-state index in [-0.39, 0.29) is 11.8 Å². The van der Waals surface area contributed by atoms with Crippen LogP contribution in [0.5, 0.6) is 0 Å². The molecule has 1 rings (SSSR count). The minimum Gasteiger partial charge on any atom is -0.343 e. The summed E-state index contributed by atoms with van der Waals surface area (Å²) in [6.07, 6.45) is 0.383. The Morgan fingerprint density at radius 2 is 1.60 bits per heavy atom. The van der Waals surface area contributed by atoms with Gasteiger partial charge in [-0.15, -0.1) is 0 Å². The molecule has 0 saturated carbocycles. The Kier molecular flexibility index (Phi) is 6.77. The molecule has 0 radical (unpaired) electrons. The van der Waals surface area contributed by atoms with Crippen molar-refractivity contribution in [3.05, 3.63) is 35.9 Å². The van der Waals surface area contributed by atoms with Crippen molar-refractivity contribution in [3.8, 4) is 0 Å². The fraction of sp³-hybridized carbons (Fsp3) is 0.500. The summed E-state index contributed by atoms with van der Waals surface area (Å²) in [6, 6.07) is 9.83. The van der Waals surface area contributed by atoms with Crippen molar-refractivity contribution < 1.29 is 9.59 Å². The lowest BCUT2D eigenvalue weighted by Crippen LogP contribution is -2.35. The zero-order valence-corrected chi connectivity index (χ0v) is 12.6. The Hall–Kier alpha value is -1.84. The molecular formula is C16H24N2O2. The number of benzene rings is 1. The third-order valence-corrected chi connectivity index (χ3v) is 3.37.